The molecule has 0 aliphatic heterocycles. The quantitative estimate of drug-likeness (QED) is 0.624. The standard InChI is InChI=1S/C24H30N4O3/c1-15-8-10-17(11-9-15)28-14-16-12-21(18(24(2,3)30)13-20(16)27-28)26-23(29)19-6-5-7-22(25-19)31-4/h5-7,12-15,17,30H,8-11H2,1-4H3,(H,26,29)/t15-,17-. The Hall–Kier alpha value is -2.93. The number of carbonyl (C=O) groups is 1. The summed E-state index contributed by atoms with van der Waals surface area (Å²) in [6, 6.07) is 9.18. The van der Waals surface area contributed by atoms with E-state index in [1.807, 2.05) is 18.3 Å². The van der Waals surface area contributed by atoms with Crippen LogP contribution >= 0.6 is 0 Å². The van der Waals surface area contributed by atoms with Crippen LogP contribution in [0, 0.1) is 5.92 Å². The molecule has 0 unspecified atom stereocenters. The number of pyridine rings is 1. The molecule has 1 amide bonds. The highest BCUT2D eigenvalue weighted by Gasteiger charge is 2.25. The fraction of sp³-hybridized carbons (Fsp3) is 0.458. The lowest BCUT2D eigenvalue weighted by Crippen LogP contribution is -2.21. The van der Waals surface area contributed by atoms with Crippen molar-refractivity contribution < 1.29 is 14.6 Å². The van der Waals surface area contributed by atoms with Gasteiger partial charge in [-0.3, -0.25) is 9.48 Å². The van der Waals surface area contributed by atoms with Crippen LogP contribution < -0.4 is 10.1 Å². The molecule has 1 aliphatic carbocycles. The monoisotopic (exact) mass is 422 g/mol. The Balaban J connectivity index is 1.68. The lowest BCUT2D eigenvalue weighted by Gasteiger charge is -2.26. The number of hydrogen-bond donors (Lipinski definition) is 2. The molecule has 164 valence electrons. The van der Waals surface area contributed by atoms with E-state index < -0.39 is 5.60 Å². The summed E-state index contributed by atoms with van der Waals surface area (Å²) in [5.41, 5.74) is 1.06. The molecule has 2 N–H and O–H groups in total. The van der Waals surface area contributed by atoms with E-state index in [0.29, 0.717) is 23.2 Å². The van der Waals surface area contributed by atoms with E-state index in [9.17, 15) is 9.90 Å². The number of aliphatic hydroxyl groups is 1. The number of benzene rings is 1. The van der Waals surface area contributed by atoms with Crippen LogP contribution in [0.5, 0.6) is 5.88 Å². The van der Waals surface area contributed by atoms with Crippen LogP contribution in [0.2, 0.25) is 0 Å². The van der Waals surface area contributed by atoms with Gasteiger partial charge in [-0.15, -0.1) is 0 Å². The molecular formula is C24H30N4O3. The van der Waals surface area contributed by atoms with Gasteiger partial charge in [-0.1, -0.05) is 13.0 Å². The zero-order valence-electron chi connectivity index (χ0n) is 18.6. The molecule has 0 saturated heterocycles. The van der Waals surface area contributed by atoms with Crippen molar-refractivity contribution in [3.8, 4) is 5.88 Å². The molecule has 0 bridgehead atoms. The van der Waals surface area contributed by atoms with E-state index >= 15 is 0 Å². The van der Waals surface area contributed by atoms with Crippen LogP contribution in [0.4, 0.5) is 5.69 Å². The largest absolute Gasteiger partial charge is 0.481 e. The first-order valence-electron chi connectivity index (χ1n) is 10.8. The summed E-state index contributed by atoms with van der Waals surface area (Å²) in [6.07, 6.45) is 6.72. The van der Waals surface area contributed by atoms with Gasteiger partial charge in [-0.2, -0.15) is 5.10 Å². The first-order valence-corrected chi connectivity index (χ1v) is 10.8. The van der Waals surface area contributed by atoms with Crippen molar-refractivity contribution in [1.29, 1.82) is 0 Å². The van der Waals surface area contributed by atoms with Crippen LogP contribution in [-0.4, -0.2) is 32.9 Å². The minimum atomic E-state index is -1.15. The molecule has 2 heterocycles. The van der Waals surface area contributed by atoms with Crippen LogP contribution in [0.25, 0.3) is 10.9 Å². The average molecular weight is 423 g/mol. The van der Waals surface area contributed by atoms with Crippen molar-refractivity contribution in [3.05, 3.63) is 47.8 Å². The molecule has 1 fully saturated rings. The Kier molecular flexibility index (Phi) is 5.71. The number of amides is 1. The van der Waals surface area contributed by atoms with Gasteiger partial charge in [0.15, 0.2) is 0 Å². The molecule has 1 aliphatic rings. The molecule has 1 aromatic carbocycles. The fourth-order valence-electron chi connectivity index (χ4n) is 4.24. The summed E-state index contributed by atoms with van der Waals surface area (Å²) in [7, 11) is 1.51. The Morgan fingerprint density at radius 3 is 2.65 bits per heavy atom. The zero-order chi connectivity index (χ0) is 22.2. The minimum Gasteiger partial charge on any atom is -0.481 e. The van der Waals surface area contributed by atoms with Gasteiger partial charge in [0.2, 0.25) is 5.88 Å². The average Bonchev–Trinajstić information content (AvgIpc) is 3.16. The predicted molar refractivity (Wildman–Crippen MR) is 120 cm³/mol. The highest BCUT2D eigenvalue weighted by molar-refractivity contribution is 6.04. The second-order valence-electron chi connectivity index (χ2n) is 9.06. The van der Waals surface area contributed by atoms with Crippen molar-refractivity contribution in [2.45, 2.75) is 58.1 Å². The van der Waals surface area contributed by atoms with Crippen molar-refractivity contribution in [1.82, 2.24) is 14.8 Å². The molecule has 2 aromatic heterocycles. The number of methoxy groups -OCH3 is 1. The summed E-state index contributed by atoms with van der Waals surface area (Å²) in [5, 5.41) is 19.4. The van der Waals surface area contributed by atoms with E-state index in [2.05, 4.69) is 21.9 Å². The van der Waals surface area contributed by atoms with E-state index in [0.717, 1.165) is 29.7 Å². The van der Waals surface area contributed by atoms with Crippen LogP contribution in [0.3, 0.4) is 0 Å². The molecule has 0 spiro atoms. The Morgan fingerprint density at radius 1 is 1.23 bits per heavy atom. The van der Waals surface area contributed by atoms with Crippen molar-refractivity contribution in [3.63, 3.8) is 0 Å². The molecule has 0 radical (unpaired) electrons. The third-order valence-electron chi connectivity index (χ3n) is 6.09. The van der Waals surface area contributed by atoms with Gasteiger partial charge in [0.05, 0.1) is 24.3 Å². The maximum Gasteiger partial charge on any atom is 0.274 e. The van der Waals surface area contributed by atoms with Gasteiger partial charge in [-0.05, 0) is 63.6 Å². The zero-order valence-corrected chi connectivity index (χ0v) is 18.6. The normalized spacial score (nSPS) is 19.4. The Labute approximate surface area is 182 Å². The van der Waals surface area contributed by atoms with E-state index in [4.69, 9.17) is 9.84 Å². The number of rotatable bonds is 5. The Bertz CT molecular complexity index is 1090. The van der Waals surface area contributed by atoms with E-state index in [1.165, 1.54) is 20.0 Å². The molecule has 3 aromatic rings. The van der Waals surface area contributed by atoms with Crippen molar-refractivity contribution >= 4 is 22.5 Å². The van der Waals surface area contributed by atoms with Gasteiger partial charge in [0.25, 0.3) is 5.91 Å². The molecule has 31 heavy (non-hydrogen) atoms. The number of fused-ring (bicyclic) bond motifs is 1. The second kappa shape index (κ2) is 8.30. The fourth-order valence-corrected chi connectivity index (χ4v) is 4.24. The van der Waals surface area contributed by atoms with Crippen molar-refractivity contribution in [2.75, 3.05) is 12.4 Å². The predicted octanol–water partition coefficient (Wildman–Crippen LogP) is 4.67. The first-order chi connectivity index (χ1) is 14.7. The molecule has 0 atom stereocenters. The summed E-state index contributed by atoms with van der Waals surface area (Å²) >= 11 is 0. The third-order valence-corrected chi connectivity index (χ3v) is 6.09. The number of nitrogens with zero attached hydrogens (tertiary/aromatic N) is 3. The number of ether oxygens (including phenoxy) is 1. The number of nitrogens with one attached hydrogen (secondary N) is 1. The summed E-state index contributed by atoms with van der Waals surface area (Å²) in [4.78, 5) is 17.0. The van der Waals surface area contributed by atoms with Crippen LogP contribution in [0.1, 0.15) is 68.5 Å². The second-order valence-corrected chi connectivity index (χ2v) is 9.06. The number of aromatic nitrogens is 3. The number of hydrogen-bond acceptors (Lipinski definition) is 5. The maximum absolute atomic E-state index is 12.8. The summed E-state index contributed by atoms with van der Waals surface area (Å²) in [5.74, 6) is 0.779. The Morgan fingerprint density at radius 2 is 1.97 bits per heavy atom. The molecular weight excluding hydrogens is 392 g/mol. The van der Waals surface area contributed by atoms with E-state index in [1.54, 1.807) is 32.0 Å². The number of carbonyl (C=O) groups excluding carboxylic acids is 1. The highest BCUT2D eigenvalue weighted by atomic mass is 16.5. The van der Waals surface area contributed by atoms with Gasteiger partial charge in [0.1, 0.15) is 5.69 Å². The maximum atomic E-state index is 12.8. The lowest BCUT2D eigenvalue weighted by molar-refractivity contribution is 0.0793. The first kappa shape index (κ1) is 21.3. The summed E-state index contributed by atoms with van der Waals surface area (Å²) in [6.45, 7) is 5.71. The van der Waals surface area contributed by atoms with E-state index in [-0.39, 0.29) is 11.6 Å². The topological polar surface area (TPSA) is 89.3 Å². The molecule has 4 rings (SSSR count). The van der Waals surface area contributed by atoms with Gasteiger partial charge in [0, 0.05) is 28.9 Å². The van der Waals surface area contributed by atoms with Crippen LogP contribution in [-0.2, 0) is 5.60 Å². The minimum absolute atomic E-state index is 0.244. The number of anilines is 1. The molecule has 7 heteroatoms. The third kappa shape index (κ3) is 4.56. The van der Waals surface area contributed by atoms with Gasteiger partial charge >= 0.3 is 0 Å². The lowest BCUT2D eigenvalue weighted by atomic mass is 9.87. The van der Waals surface area contributed by atoms with Gasteiger partial charge in [-0.25, -0.2) is 4.98 Å². The SMILES string of the molecule is COc1cccc(C(=O)Nc2cc3cn([C@H]4CC[C@H](C)CC4)nc3cc2C(C)(C)O)n1. The summed E-state index contributed by atoms with van der Waals surface area (Å²) < 4.78 is 7.17. The van der Waals surface area contributed by atoms with Crippen molar-refractivity contribution in [2.24, 2.45) is 5.92 Å². The highest BCUT2D eigenvalue weighted by Crippen LogP contribution is 2.35. The molecule has 7 nitrogen and oxygen atoms in total. The van der Waals surface area contributed by atoms with Gasteiger partial charge < -0.3 is 15.2 Å². The smallest absolute Gasteiger partial charge is 0.274 e. The van der Waals surface area contributed by atoms with Crippen LogP contribution in [0.15, 0.2) is 36.5 Å². The molecule has 1 saturated carbocycles.